The number of methoxy groups -OCH3 is 1. The Morgan fingerprint density at radius 1 is 1.38 bits per heavy atom. The van der Waals surface area contributed by atoms with Gasteiger partial charge in [-0.1, -0.05) is 24.3 Å². The van der Waals surface area contributed by atoms with E-state index in [1.807, 2.05) is 31.2 Å². The molecule has 2 N–H and O–H groups in total. The quantitative estimate of drug-likeness (QED) is 0.801. The van der Waals surface area contributed by atoms with Crippen molar-refractivity contribution in [2.24, 2.45) is 0 Å². The molecule has 0 aromatic heterocycles. The summed E-state index contributed by atoms with van der Waals surface area (Å²) in [6, 6.07) is 6.40. The van der Waals surface area contributed by atoms with Crippen LogP contribution in [-0.2, 0) is 16.1 Å². The predicted molar refractivity (Wildman–Crippen MR) is 79.1 cm³/mol. The van der Waals surface area contributed by atoms with E-state index >= 15 is 0 Å². The molecule has 1 aromatic carbocycles. The lowest BCUT2D eigenvalue weighted by atomic mass is 10.1. The molecular formula is C15H22N2O4. The van der Waals surface area contributed by atoms with Crippen LogP contribution in [0.15, 0.2) is 24.3 Å². The van der Waals surface area contributed by atoms with Gasteiger partial charge in [-0.2, -0.15) is 0 Å². The van der Waals surface area contributed by atoms with Crippen molar-refractivity contribution in [3.8, 4) is 0 Å². The van der Waals surface area contributed by atoms with Crippen molar-refractivity contribution in [2.45, 2.75) is 25.9 Å². The number of nitrogens with zero attached hydrogens (tertiary/aromatic N) is 1. The summed E-state index contributed by atoms with van der Waals surface area (Å²) in [6.45, 7) is 2.67. The van der Waals surface area contributed by atoms with E-state index in [-0.39, 0.29) is 13.0 Å². The molecule has 0 spiro atoms. The topological polar surface area (TPSA) is 78.9 Å². The summed E-state index contributed by atoms with van der Waals surface area (Å²) >= 11 is 0. The molecule has 0 aliphatic heterocycles. The molecule has 21 heavy (non-hydrogen) atoms. The van der Waals surface area contributed by atoms with Gasteiger partial charge in [0, 0.05) is 33.7 Å². The second-order valence-electron chi connectivity index (χ2n) is 4.90. The van der Waals surface area contributed by atoms with Crippen LogP contribution in [0.25, 0.3) is 0 Å². The summed E-state index contributed by atoms with van der Waals surface area (Å²) in [5, 5.41) is 11.6. The maximum atomic E-state index is 12.0. The Bertz CT molecular complexity index is 490. The molecule has 0 heterocycles. The lowest BCUT2D eigenvalue weighted by Gasteiger charge is -2.22. The van der Waals surface area contributed by atoms with Crippen molar-refractivity contribution < 1.29 is 19.4 Å². The highest BCUT2D eigenvalue weighted by Crippen LogP contribution is 2.09. The van der Waals surface area contributed by atoms with Gasteiger partial charge >= 0.3 is 12.0 Å². The minimum atomic E-state index is -1.07. The van der Waals surface area contributed by atoms with Gasteiger partial charge in [0.2, 0.25) is 0 Å². The number of aryl methyl sites for hydroxylation is 1. The van der Waals surface area contributed by atoms with Gasteiger partial charge in [-0.3, -0.25) is 0 Å². The second kappa shape index (κ2) is 8.26. The zero-order chi connectivity index (χ0) is 15.8. The summed E-state index contributed by atoms with van der Waals surface area (Å²) in [6.07, 6.45) is 0.232. The third kappa shape index (κ3) is 5.43. The Hall–Kier alpha value is -2.08. The van der Waals surface area contributed by atoms with Gasteiger partial charge in [-0.05, 0) is 18.1 Å². The van der Waals surface area contributed by atoms with Crippen molar-refractivity contribution in [3.05, 3.63) is 35.4 Å². The van der Waals surface area contributed by atoms with E-state index in [1.165, 1.54) is 12.0 Å². The van der Waals surface area contributed by atoms with Gasteiger partial charge in [0.15, 0.2) is 0 Å². The molecule has 6 nitrogen and oxygen atoms in total. The monoisotopic (exact) mass is 294 g/mol. The van der Waals surface area contributed by atoms with Crippen LogP contribution in [0.5, 0.6) is 0 Å². The van der Waals surface area contributed by atoms with E-state index < -0.39 is 18.0 Å². The highest BCUT2D eigenvalue weighted by molar-refractivity contribution is 5.82. The molecule has 1 aromatic rings. The third-order valence-electron chi connectivity index (χ3n) is 3.22. The Balaban J connectivity index is 2.61. The Labute approximate surface area is 124 Å². The number of aliphatic carboxylic acids is 1. The van der Waals surface area contributed by atoms with Crippen molar-refractivity contribution in [1.29, 1.82) is 0 Å². The fourth-order valence-corrected chi connectivity index (χ4v) is 1.87. The first-order chi connectivity index (χ1) is 9.95. The zero-order valence-electron chi connectivity index (χ0n) is 12.6. The maximum Gasteiger partial charge on any atom is 0.326 e. The molecule has 116 valence electrons. The van der Waals surface area contributed by atoms with Gasteiger partial charge in [-0.25, -0.2) is 9.59 Å². The van der Waals surface area contributed by atoms with Crippen LogP contribution in [0.4, 0.5) is 4.79 Å². The number of hydrogen-bond donors (Lipinski definition) is 2. The van der Waals surface area contributed by atoms with Crippen LogP contribution in [0.1, 0.15) is 17.5 Å². The molecule has 0 fully saturated rings. The lowest BCUT2D eigenvalue weighted by Crippen LogP contribution is -2.46. The summed E-state index contributed by atoms with van der Waals surface area (Å²) in [5.74, 6) is -1.07. The van der Waals surface area contributed by atoms with Crippen molar-refractivity contribution in [3.63, 3.8) is 0 Å². The Kier molecular flexibility index (Phi) is 6.68. The number of carbonyl (C=O) groups excluding carboxylic acids is 1. The van der Waals surface area contributed by atoms with Crippen LogP contribution < -0.4 is 5.32 Å². The molecule has 1 rings (SSSR count). The fourth-order valence-electron chi connectivity index (χ4n) is 1.87. The maximum absolute atomic E-state index is 12.0. The van der Waals surface area contributed by atoms with Crippen LogP contribution >= 0.6 is 0 Å². The average Bonchev–Trinajstić information content (AvgIpc) is 2.45. The molecule has 0 bridgehead atoms. The van der Waals surface area contributed by atoms with Crippen molar-refractivity contribution in [1.82, 2.24) is 10.2 Å². The molecule has 0 radical (unpaired) electrons. The highest BCUT2D eigenvalue weighted by Gasteiger charge is 2.21. The van der Waals surface area contributed by atoms with Gasteiger partial charge in [0.05, 0.1) is 0 Å². The average molecular weight is 294 g/mol. The minimum absolute atomic E-state index is 0.232. The molecule has 0 saturated carbocycles. The molecule has 6 heteroatoms. The number of rotatable bonds is 7. The number of ether oxygens (including phenoxy) is 1. The van der Waals surface area contributed by atoms with E-state index in [0.29, 0.717) is 6.54 Å². The minimum Gasteiger partial charge on any atom is -0.480 e. The SMILES string of the molecule is COCCC(NC(=O)N(C)Cc1ccccc1C)C(=O)O. The zero-order valence-corrected chi connectivity index (χ0v) is 12.6. The lowest BCUT2D eigenvalue weighted by molar-refractivity contribution is -0.139. The summed E-state index contributed by atoms with van der Waals surface area (Å²) in [7, 11) is 3.13. The molecule has 1 unspecified atom stereocenters. The molecule has 0 aliphatic carbocycles. The molecule has 0 saturated heterocycles. The number of benzene rings is 1. The van der Waals surface area contributed by atoms with Gasteiger partial charge in [-0.15, -0.1) is 0 Å². The van der Waals surface area contributed by atoms with Gasteiger partial charge in [0.1, 0.15) is 6.04 Å². The molecular weight excluding hydrogens is 272 g/mol. The largest absolute Gasteiger partial charge is 0.480 e. The van der Waals surface area contributed by atoms with E-state index in [0.717, 1.165) is 11.1 Å². The van der Waals surface area contributed by atoms with Crippen LogP contribution in [0.3, 0.4) is 0 Å². The highest BCUT2D eigenvalue weighted by atomic mass is 16.5. The van der Waals surface area contributed by atoms with E-state index in [9.17, 15) is 9.59 Å². The molecule has 0 aliphatic rings. The van der Waals surface area contributed by atoms with Crippen molar-refractivity contribution >= 4 is 12.0 Å². The van der Waals surface area contributed by atoms with Gasteiger partial charge < -0.3 is 20.1 Å². The predicted octanol–water partition coefficient (Wildman–Crippen LogP) is 1.63. The van der Waals surface area contributed by atoms with E-state index in [4.69, 9.17) is 9.84 Å². The van der Waals surface area contributed by atoms with E-state index in [1.54, 1.807) is 7.05 Å². The number of carbonyl (C=O) groups is 2. The summed E-state index contributed by atoms with van der Waals surface area (Å²) in [5.41, 5.74) is 2.12. The van der Waals surface area contributed by atoms with E-state index in [2.05, 4.69) is 5.32 Å². The molecule has 1 atom stereocenters. The fraction of sp³-hybridized carbons (Fsp3) is 0.467. The number of amides is 2. The second-order valence-corrected chi connectivity index (χ2v) is 4.90. The number of carboxylic acids is 1. The third-order valence-corrected chi connectivity index (χ3v) is 3.22. The van der Waals surface area contributed by atoms with Crippen LogP contribution in [0.2, 0.25) is 0 Å². The Morgan fingerprint density at radius 3 is 2.62 bits per heavy atom. The summed E-state index contributed by atoms with van der Waals surface area (Å²) in [4.78, 5) is 24.6. The summed E-state index contributed by atoms with van der Waals surface area (Å²) < 4.78 is 4.85. The first-order valence-electron chi connectivity index (χ1n) is 6.73. The van der Waals surface area contributed by atoms with Crippen LogP contribution in [-0.4, -0.2) is 48.8 Å². The smallest absolute Gasteiger partial charge is 0.326 e. The van der Waals surface area contributed by atoms with Crippen molar-refractivity contribution in [2.75, 3.05) is 20.8 Å². The number of urea groups is 1. The molecule has 2 amide bonds. The first-order valence-corrected chi connectivity index (χ1v) is 6.73. The number of nitrogens with one attached hydrogen (secondary N) is 1. The van der Waals surface area contributed by atoms with Gasteiger partial charge in [0.25, 0.3) is 0 Å². The number of hydrogen-bond acceptors (Lipinski definition) is 3. The standard InChI is InChI=1S/C15H22N2O4/c1-11-6-4-5-7-12(11)10-17(2)15(20)16-13(14(18)19)8-9-21-3/h4-7,13H,8-10H2,1-3H3,(H,16,20)(H,18,19). The Morgan fingerprint density at radius 2 is 2.05 bits per heavy atom. The normalized spacial score (nSPS) is 11.8. The number of carboxylic acid groups (broad SMARTS) is 1. The van der Waals surface area contributed by atoms with Crippen LogP contribution in [0, 0.1) is 6.92 Å². The first kappa shape index (κ1) is 17.0.